The van der Waals surface area contributed by atoms with E-state index >= 15 is 0 Å². The Kier molecular flexibility index (Phi) is 5.23. The summed E-state index contributed by atoms with van der Waals surface area (Å²) in [4.78, 5) is 20.0. The number of nitrogens with one attached hydrogen (secondary N) is 2. The molecule has 1 aliphatic heterocycles. The van der Waals surface area contributed by atoms with Crippen LogP contribution in [0.4, 0.5) is 9.93 Å². The zero-order valence-corrected chi connectivity index (χ0v) is 15.1. The van der Waals surface area contributed by atoms with Gasteiger partial charge in [0.05, 0.1) is 5.69 Å². The third-order valence-corrected chi connectivity index (χ3v) is 4.85. The van der Waals surface area contributed by atoms with E-state index in [2.05, 4.69) is 27.6 Å². The number of nitrogens with zero attached hydrogens (tertiary/aromatic N) is 2. The van der Waals surface area contributed by atoms with Crippen molar-refractivity contribution >= 4 is 34.1 Å². The number of halogens is 1. The van der Waals surface area contributed by atoms with Gasteiger partial charge in [-0.3, -0.25) is 5.32 Å². The topological polar surface area (TPSA) is 66.5 Å². The monoisotopic (exact) mass is 366 g/mol. The van der Waals surface area contributed by atoms with Crippen LogP contribution < -0.4 is 15.4 Å². The van der Waals surface area contributed by atoms with Gasteiger partial charge in [-0.15, -0.1) is 11.3 Å². The minimum Gasteiger partial charge on any atom is -0.471 e. The molecule has 1 aromatic carbocycles. The van der Waals surface area contributed by atoms with Crippen LogP contribution in [0.5, 0.6) is 5.75 Å². The molecule has 3 rings (SSSR count). The van der Waals surface area contributed by atoms with Crippen molar-refractivity contribution < 1.29 is 9.53 Å². The highest BCUT2D eigenvalue weighted by molar-refractivity contribution is 7.15. The Bertz CT molecular complexity index is 719. The smallest absolute Gasteiger partial charge is 0.323 e. The highest BCUT2D eigenvalue weighted by Crippen LogP contribution is 2.27. The molecule has 1 aromatic heterocycles. The first-order valence-electron chi connectivity index (χ1n) is 7.66. The Hall–Kier alpha value is -1.83. The van der Waals surface area contributed by atoms with Gasteiger partial charge < -0.3 is 15.0 Å². The number of amides is 2. The van der Waals surface area contributed by atoms with E-state index in [0.29, 0.717) is 15.9 Å². The lowest BCUT2D eigenvalue weighted by atomic mass is 10.2. The molecular formula is C16H19ClN4O2S. The number of carbonyl (C=O) groups is 1. The number of thiazole rings is 1. The van der Waals surface area contributed by atoms with Gasteiger partial charge in [-0.2, -0.15) is 0 Å². The molecule has 1 unspecified atom stereocenters. The summed E-state index contributed by atoms with van der Waals surface area (Å²) in [6.07, 6.45) is 0.439. The highest BCUT2D eigenvalue weighted by atomic mass is 35.5. The molecule has 2 N–H and O–H groups in total. The van der Waals surface area contributed by atoms with Crippen molar-refractivity contribution in [3.8, 4) is 5.75 Å². The van der Waals surface area contributed by atoms with Crippen LogP contribution in [0.25, 0.3) is 0 Å². The van der Waals surface area contributed by atoms with E-state index in [1.54, 1.807) is 31.2 Å². The first kappa shape index (κ1) is 17.0. The number of carbonyl (C=O) groups excluding carboxylic acids is 1. The van der Waals surface area contributed by atoms with Crippen molar-refractivity contribution in [1.29, 1.82) is 0 Å². The lowest BCUT2D eigenvalue weighted by Crippen LogP contribution is -2.39. The van der Waals surface area contributed by atoms with Crippen LogP contribution in [0.3, 0.4) is 0 Å². The molecule has 2 amide bonds. The molecule has 0 aliphatic carbocycles. The second kappa shape index (κ2) is 7.38. The molecule has 8 heteroatoms. The maximum Gasteiger partial charge on any atom is 0.323 e. The van der Waals surface area contributed by atoms with E-state index in [4.69, 9.17) is 16.3 Å². The van der Waals surface area contributed by atoms with Crippen LogP contribution in [-0.2, 0) is 13.0 Å². The van der Waals surface area contributed by atoms with Gasteiger partial charge >= 0.3 is 6.03 Å². The summed E-state index contributed by atoms with van der Waals surface area (Å²) in [7, 11) is 2.08. The third kappa shape index (κ3) is 4.37. The number of anilines is 1. The summed E-state index contributed by atoms with van der Waals surface area (Å²) in [5.41, 5.74) is 1.08. The Morgan fingerprint density at radius 3 is 2.92 bits per heavy atom. The van der Waals surface area contributed by atoms with E-state index < -0.39 is 6.23 Å². The molecule has 0 saturated carbocycles. The van der Waals surface area contributed by atoms with Crippen LogP contribution >= 0.6 is 22.9 Å². The summed E-state index contributed by atoms with van der Waals surface area (Å²) in [6, 6.07) is 6.64. The molecule has 0 fully saturated rings. The molecule has 0 saturated heterocycles. The number of hydrogen-bond donors (Lipinski definition) is 2. The number of fused-ring (bicyclic) bond motifs is 1. The van der Waals surface area contributed by atoms with Gasteiger partial charge in [0.2, 0.25) is 0 Å². The fraction of sp³-hybridized carbons (Fsp3) is 0.375. The van der Waals surface area contributed by atoms with Crippen LogP contribution in [0.1, 0.15) is 17.5 Å². The molecule has 0 bridgehead atoms. The molecule has 1 atom stereocenters. The average molecular weight is 367 g/mol. The van der Waals surface area contributed by atoms with Crippen LogP contribution in [0.15, 0.2) is 24.3 Å². The third-order valence-electron chi connectivity index (χ3n) is 3.60. The maximum atomic E-state index is 12.1. The molecule has 1 aliphatic rings. The standard InChI is InChI=1S/C16H19ClN4O2S/c1-10(23-12-5-3-11(17)4-6-12)18-15(22)20-16-19-13-7-8-21(2)9-14(13)24-16/h3-6,10H,7-9H2,1-2H3,(H2,18,19,20,22). The van der Waals surface area contributed by atoms with E-state index in [1.807, 2.05) is 0 Å². The fourth-order valence-electron chi connectivity index (χ4n) is 2.44. The Morgan fingerprint density at radius 1 is 1.42 bits per heavy atom. The van der Waals surface area contributed by atoms with Gasteiger partial charge in [0.1, 0.15) is 5.75 Å². The normalized spacial score (nSPS) is 15.5. The molecule has 128 valence electrons. The van der Waals surface area contributed by atoms with Crippen molar-refractivity contribution in [3.63, 3.8) is 0 Å². The number of aromatic nitrogens is 1. The van der Waals surface area contributed by atoms with E-state index in [1.165, 1.54) is 16.2 Å². The number of ether oxygens (including phenoxy) is 1. The van der Waals surface area contributed by atoms with Gasteiger partial charge in [-0.05, 0) is 38.2 Å². The minimum atomic E-state index is -0.480. The molecule has 24 heavy (non-hydrogen) atoms. The Labute approximate surface area is 149 Å². The molecule has 2 aromatic rings. The van der Waals surface area contributed by atoms with Gasteiger partial charge in [-0.1, -0.05) is 11.6 Å². The first-order valence-corrected chi connectivity index (χ1v) is 8.86. The lowest BCUT2D eigenvalue weighted by molar-refractivity contribution is 0.183. The van der Waals surface area contributed by atoms with Gasteiger partial charge in [0.25, 0.3) is 0 Å². The SMILES string of the molecule is CC(NC(=O)Nc1nc2c(s1)CN(C)CC2)Oc1ccc(Cl)cc1. The van der Waals surface area contributed by atoms with Crippen LogP contribution in [0, 0.1) is 0 Å². The number of benzene rings is 1. The van der Waals surface area contributed by atoms with Crippen LogP contribution in [0.2, 0.25) is 5.02 Å². The molecule has 2 heterocycles. The summed E-state index contributed by atoms with van der Waals surface area (Å²) in [6.45, 7) is 3.64. The maximum absolute atomic E-state index is 12.1. The summed E-state index contributed by atoms with van der Waals surface area (Å²) in [5.74, 6) is 0.639. The average Bonchev–Trinajstić information content (AvgIpc) is 2.90. The van der Waals surface area contributed by atoms with Crippen molar-refractivity contribution in [3.05, 3.63) is 39.9 Å². The number of rotatable bonds is 4. The minimum absolute atomic E-state index is 0.337. The lowest BCUT2D eigenvalue weighted by Gasteiger charge is -2.20. The zero-order chi connectivity index (χ0) is 17.1. The molecular weight excluding hydrogens is 348 g/mol. The van der Waals surface area contributed by atoms with Crippen molar-refractivity contribution in [2.24, 2.45) is 0 Å². The van der Waals surface area contributed by atoms with Crippen molar-refractivity contribution in [2.75, 3.05) is 18.9 Å². The second-order valence-electron chi connectivity index (χ2n) is 5.69. The van der Waals surface area contributed by atoms with Gasteiger partial charge in [0, 0.05) is 29.4 Å². The Morgan fingerprint density at radius 2 is 2.17 bits per heavy atom. The number of likely N-dealkylation sites (N-methyl/N-ethyl adjacent to an activating group) is 1. The summed E-state index contributed by atoms with van der Waals surface area (Å²) < 4.78 is 5.62. The quantitative estimate of drug-likeness (QED) is 0.814. The zero-order valence-electron chi connectivity index (χ0n) is 13.5. The van der Waals surface area contributed by atoms with Crippen LogP contribution in [-0.4, -0.2) is 35.7 Å². The van der Waals surface area contributed by atoms with Crippen molar-refractivity contribution in [1.82, 2.24) is 15.2 Å². The number of urea groups is 1. The van der Waals surface area contributed by atoms with E-state index in [9.17, 15) is 4.79 Å². The summed E-state index contributed by atoms with van der Waals surface area (Å²) >= 11 is 7.35. The first-order chi connectivity index (χ1) is 11.5. The predicted octanol–water partition coefficient (Wildman–Crippen LogP) is 3.33. The number of hydrogen-bond acceptors (Lipinski definition) is 5. The Balaban J connectivity index is 1.52. The molecule has 6 nitrogen and oxygen atoms in total. The predicted molar refractivity (Wildman–Crippen MR) is 95.8 cm³/mol. The summed E-state index contributed by atoms with van der Waals surface area (Å²) in [5, 5.41) is 6.76. The molecule has 0 spiro atoms. The van der Waals surface area contributed by atoms with E-state index in [-0.39, 0.29) is 6.03 Å². The van der Waals surface area contributed by atoms with Crippen molar-refractivity contribution in [2.45, 2.75) is 26.1 Å². The second-order valence-corrected chi connectivity index (χ2v) is 7.21. The largest absolute Gasteiger partial charge is 0.471 e. The van der Waals surface area contributed by atoms with E-state index in [0.717, 1.165) is 25.2 Å². The van der Waals surface area contributed by atoms with Gasteiger partial charge in [0.15, 0.2) is 11.4 Å². The fourth-order valence-corrected chi connectivity index (χ4v) is 3.65. The van der Waals surface area contributed by atoms with Gasteiger partial charge in [-0.25, -0.2) is 9.78 Å². The molecule has 0 radical (unpaired) electrons. The highest BCUT2D eigenvalue weighted by Gasteiger charge is 2.19.